The molecule has 1 aromatic rings. The molecule has 2 rings (SSSR count). The van der Waals surface area contributed by atoms with Crippen LogP contribution in [0, 0.1) is 6.92 Å². The fraction of sp³-hybridized carbons (Fsp3) is 0.600. The third-order valence-corrected chi connectivity index (χ3v) is 4.66. The van der Waals surface area contributed by atoms with Crippen molar-refractivity contribution < 1.29 is 14.3 Å². The van der Waals surface area contributed by atoms with Crippen LogP contribution in [-0.4, -0.2) is 54.9 Å². The number of aryl methyl sites for hydroxylation is 1. The second kappa shape index (κ2) is 10.1. The molecule has 1 fully saturated rings. The summed E-state index contributed by atoms with van der Waals surface area (Å²) in [5, 5.41) is 0. The van der Waals surface area contributed by atoms with Crippen LogP contribution >= 0.6 is 0 Å². The van der Waals surface area contributed by atoms with Gasteiger partial charge in [0.1, 0.15) is 5.75 Å². The van der Waals surface area contributed by atoms with Crippen molar-refractivity contribution in [3.63, 3.8) is 0 Å². The minimum absolute atomic E-state index is 0.00446. The summed E-state index contributed by atoms with van der Waals surface area (Å²) in [6.07, 6.45) is 5.53. The van der Waals surface area contributed by atoms with Crippen molar-refractivity contribution in [2.45, 2.75) is 45.4 Å². The van der Waals surface area contributed by atoms with Crippen molar-refractivity contribution >= 4 is 11.8 Å². The molecule has 0 spiro atoms. The lowest BCUT2D eigenvalue weighted by molar-refractivity contribution is -0.140. The quantitative estimate of drug-likeness (QED) is 0.713. The van der Waals surface area contributed by atoms with Gasteiger partial charge in [-0.1, -0.05) is 31.0 Å². The predicted octanol–water partition coefficient (Wildman–Crippen LogP) is 3.02. The summed E-state index contributed by atoms with van der Waals surface area (Å²) in [5.74, 6) is 1.01. The topological polar surface area (TPSA) is 49.9 Å². The lowest BCUT2D eigenvalue weighted by Crippen LogP contribution is -2.42. The van der Waals surface area contributed by atoms with Crippen LogP contribution < -0.4 is 4.74 Å². The van der Waals surface area contributed by atoms with E-state index in [9.17, 15) is 9.59 Å². The zero-order chi connectivity index (χ0) is 18.1. The summed E-state index contributed by atoms with van der Waals surface area (Å²) >= 11 is 0. The van der Waals surface area contributed by atoms with E-state index >= 15 is 0 Å². The Morgan fingerprint density at radius 1 is 1.20 bits per heavy atom. The van der Waals surface area contributed by atoms with Crippen LogP contribution in [0.5, 0.6) is 5.75 Å². The van der Waals surface area contributed by atoms with Gasteiger partial charge in [-0.2, -0.15) is 0 Å². The summed E-state index contributed by atoms with van der Waals surface area (Å²) in [6, 6.07) is 7.92. The molecule has 0 saturated carbocycles. The Kier molecular flexibility index (Phi) is 7.76. The third-order valence-electron chi connectivity index (χ3n) is 4.66. The van der Waals surface area contributed by atoms with Gasteiger partial charge in [0.15, 0.2) is 0 Å². The number of carbonyl (C=O) groups is 2. The molecule has 0 atom stereocenters. The maximum atomic E-state index is 12.4. The Morgan fingerprint density at radius 2 is 1.96 bits per heavy atom. The number of hydrogen-bond acceptors (Lipinski definition) is 3. The number of likely N-dealkylation sites (N-methyl/N-ethyl adjacent to an activating group) is 1. The second-order valence-electron chi connectivity index (χ2n) is 6.76. The normalized spacial score (nSPS) is 15.4. The number of likely N-dealkylation sites (tertiary alicyclic amines) is 1. The van der Waals surface area contributed by atoms with Crippen LogP contribution in [-0.2, 0) is 9.59 Å². The SMILES string of the molecule is Cc1ccccc1OCCCN(C)C(=O)CN1CCCCCCC1=O. The van der Waals surface area contributed by atoms with Gasteiger partial charge in [-0.3, -0.25) is 9.59 Å². The molecule has 5 nitrogen and oxygen atoms in total. The van der Waals surface area contributed by atoms with Crippen molar-refractivity contribution in [2.24, 2.45) is 0 Å². The number of para-hydroxylation sites is 1. The molecule has 138 valence electrons. The van der Waals surface area contributed by atoms with Gasteiger partial charge in [-0.05, 0) is 37.8 Å². The highest BCUT2D eigenvalue weighted by atomic mass is 16.5. The molecule has 0 radical (unpaired) electrons. The Hall–Kier alpha value is -2.04. The maximum Gasteiger partial charge on any atom is 0.241 e. The zero-order valence-electron chi connectivity index (χ0n) is 15.5. The van der Waals surface area contributed by atoms with Gasteiger partial charge in [-0.25, -0.2) is 0 Å². The van der Waals surface area contributed by atoms with E-state index in [-0.39, 0.29) is 18.4 Å². The molecule has 1 aromatic carbocycles. The summed E-state index contributed by atoms with van der Waals surface area (Å²) in [5.41, 5.74) is 1.11. The van der Waals surface area contributed by atoms with E-state index in [1.807, 2.05) is 31.2 Å². The van der Waals surface area contributed by atoms with Crippen molar-refractivity contribution in [2.75, 3.05) is 33.3 Å². The molecule has 0 N–H and O–H groups in total. The van der Waals surface area contributed by atoms with Gasteiger partial charge in [0.2, 0.25) is 11.8 Å². The molecule has 1 aliphatic heterocycles. The van der Waals surface area contributed by atoms with Gasteiger partial charge in [-0.15, -0.1) is 0 Å². The molecule has 25 heavy (non-hydrogen) atoms. The van der Waals surface area contributed by atoms with E-state index in [0.29, 0.717) is 26.1 Å². The van der Waals surface area contributed by atoms with E-state index < -0.39 is 0 Å². The first kappa shape index (κ1) is 19.3. The number of benzene rings is 1. The van der Waals surface area contributed by atoms with E-state index in [1.54, 1.807) is 16.8 Å². The largest absolute Gasteiger partial charge is 0.493 e. The van der Waals surface area contributed by atoms with Gasteiger partial charge >= 0.3 is 0 Å². The lowest BCUT2D eigenvalue weighted by atomic mass is 10.1. The minimum atomic E-state index is 0.00446. The van der Waals surface area contributed by atoms with Crippen molar-refractivity contribution in [1.29, 1.82) is 0 Å². The molecule has 1 saturated heterocycles. The molecule has 0 unspecified atom stereocenters. The minimum Gasteiger partial charge on any atom is -0.493 e. The zero-order valence-corrected chi connectivity index (χ0v) is 15.5. The predicted molar refractivity (Wildman–Crippen MR) is 98.6 cm³/mol. The molecule has 0 aliphatic carbocycles. The molecule has 0 bridgehead atoms. The van der Waals surface area contributed by atoms with Crippen LogP contribution in [0.15, 0.2) is 24.3 Å². The molecular formula is C20H30N2O3. The van der Waals surface area contributed by atoms with E-state index in [0.717, 1.165) is 43.4 Å². The van der Waals surface area contributed by atoms with Crippen LogP contribution in [0.4, 0.5) is 0 Å². The summed E-state index contributed by atoms with van der Waals surface area (Å²) in [7, 11) is 1.80. The Bertz CT molecular complexity index is 574. The molecule has 0 aromatic heterocycles. The first-order valence-corrected chi connectivity index (χ1v) is 9.28. The number of rotatable bonds is 7. The van der Waals surface area contributed by atoms with Gasteiger partial charge in [0.25, 0.3) is 0 Å². The van der Waals surface area contributed by atoms with Crippen molar-refractivity contribution in [3.8, 4) is 5.75 Å². The van der Waals surface area contributed by atoms with E-state index in [2.05, 4.69) is 0 Å². The number of hydrogen-bond donors (Lipinski definition) is 0. The van der Waals surface area contributed by atoms with Crippen LogP contribution in [0.3, 0.4) is 0 Å². The molecule has 2 amide bonds. The highest BCUT2D eigenvalue weighted by Gasteiger charge is 2.20. The first-order valence-electron chi connectivity index (χ1n) is 9.28. The highest BCUT2D eigenvalue weighted by Crippen LogP contribution is 2.16. The number of ether oxygens (including phenoxy) is 1. The molecule has 5 heteroatoms. The van der Waals surface area contributed by atoms with Crippen LogP contribution in [0.25, 0.3) is 0 Å². The number of nitrogens with zero attached hydrogens (tertiary/aromatic N) is 2. The van der Waals surface area contributed by atoms with E-state index in [1.165, 1.54) is 0 Å². The summed E-state index contributed by atoms with van der Waals surface area (Å²) < 4.78 is 5.76. The smallest absolute Gasteiger partial charge is 0.241 e. The maximum absolute atomic E-state index is 12.4. The lowest BCUT2D eigenvalue weighted by Gasteiger charge is -2.26. The molecule has 1 heterocycles. The fourth-order valence-electron chi connectivity index (χ4n) is 2.99. The Labute approximate surface area is 150 Å². The first-order chi connectivity index (χ1) is 12.1. The average molecular weight is 346 g/mol. The van der Waals surface area contributed by atoms with Crippen LogP contribution in [0.2, 0.25) is 0 Å². The van der Waals surface area contributed by atoms with Gasteiger partial charge < -0.3 is 14.5 Å². The Balaban J connectivity index is 1.70. The monoisotopic (exact) mass is 346 g/mol. The van der Waals surface area contributed by atoms with Crippen molar-refractivity contribution in [1.82, 2.24) is 9.80 Å². The second-order valence-corrected chi connectivity index (χ2v) is 6.76. The third kappa shape index (κ3) is 6.40. The van der Waals surface area contributed by atoms with Crippen LogP contribution in [0.1, 0.15) is 44.1 Å². The fourth-order valence-corrected chi connectivity index (χ4v) is 2.99. The average Bonchev–Trinajstić information content (AvgIpc) is 2.59. The number of carbonyl (C=O) groups excluding carboxylic acids is 2. The highest BCUT2D eigenvalue weighted by molar-refractivity contribution is 5.84. The van der Waals surface area contributed by atoms with Crippen molar-refractivity contribution in [3.05, 3.63) is 29.8 Å². The summed E-state index contributed by atoms with van der Waals surface area (Å²) in [4.78, 5) is 27.9. The van der Waals surface area contributed by atoms with Gasteiger partial charge in [0, 0.05) is 26.6 Å². The Morgan fingerprint density at radius 3 is 2.76 bits per heavy atom. The van der Waals surface area contributed by atoms with E-state index in [4.69, 9.17) is 4.74 Å². The summed E-state index contributed by atoms with van der Waals surface area (Å²) in [6.45, 7) is 4.13. The molecular weight excluding hydrogens is 316 g/mol. The standard InChI is InChI=1S/C20H30N2O3/c1-17-10-6-7-11-18(17)25-15-9-13-21(2)20(24)16-22-14-8-4-3-5-12-19(22)23/h6-7,10-11H,3-5,8-9,12-16H2,1-2H3. The molecule has 1 aliphatic rings. The number of amides is 2. The van der Waals surface area contributed by atoms with Gasteiger partial charge in [0.05, 0.1) is 13.2 Å².